The molecule has 6 nitrogen and oxygen atoms in total. The molecule has 0 spiro atoms. The van der Waals surface area contributed by atoms with E-state index in [0.29, 0.717) is 22.7 Å². The predicted molar refractivity (Wildman–Crippen MR) is 123 cm³/mol. The minimum Gasteiger partial charge on any atom is -0.484 e. The van der Waals surface area contributed by atoms with Crippen LogP contribution in [0.2, 0.25) is 5.02 Å². The summed E-state index contributed by atoms with van der Waals surface area (Å²) in [6.07, 6.45) is 4.87. The zero-order chi connectivity index (χ0) is 22.2. The SMILES string of the molecule is CC(C)CCNC(=O)C1CCN(C2CCN(C(=O)COc3ccc(Cl)cc3)CC2)CC1. The molecular weight excluding hydrogens is 414 g/mol. The molecule has 2 saturated heterocycles. The second-order valence-electron chi connectivity index (χ2n) is 9.14. The van der Waals surface area contributed by atoms with Gasteiger partial charge >= 0.3 is 0 Å². The fourth-order valence-corrected chi connectivity index (χ4v) is 4.53. The summed E-state index contributed by atoms with van der Waals surface area (Å²) in [7, 11) is 0. The lowest BCUT2D eigenvalue weighted by molar-refractivity contribution is -0.135. The summed E-state index contributed by atoms with van der Waals surface area (Å²) < 4.78 is 5.60. The Balaban J connectivity index is 1.34. The number of halogens is 1. The van der Waals surface area contributed by atoms with Crippen molar-refractivity contribution in [3.8, 4) is 5.75 Å². The molecule has 2 fully saturated rings. The average molecular weight is 450 g/mol. The van der Waals surface area contributed by atoms with E-state index in [2.05, 4.69) is 24.1 Å². The summed E-state index contributed by atoms with van der Waals surface area (Å²) in [5, 5.41) is 3.75. The summed E-state index contributed by atoms with van der Waals surface area (Å²) in [4.78, 5) is 29.3. The molecule has 0 atom stereocenters. The van der Waals surface area contributed by atoms with Crippen molar-refractivity contribution in [1.29, 1.82) is 0 Å². The van der Waals surface area contributed by atoms with E-state index in [-0.39, 0.29) is 24.3 Å². The highest BCUT2D eigenvalue weighted by molar-refractivity contribution is 6.30. The third kappa shape index (κ3) is 7.39. The lowest BCUT2D eigenvalue weighted by atomic mass is 9.92. The van der Waals surface area contributed by atoms with E-state index in [1.54, 1.807) is 24.3 Å². The van der Waals surface area contributed by atoms with Gasteiger partial charge in [0.05, 0.1) is 0 Å². The monoisotopic (exact) mass is 449 g/mol. The van der Waals surface area contributed by atoms with Crippen LogP contribution in [0.3, 0.4) is 0 Å². The fourth-order valence-electron chi connectivity index (χ4n) is 4.40. The Labute approximate surface area is 191 Å². The summed E-state index contributed by atoms with van der Waals surface area (Å²) >= 11 is 5.87. The van der Waals surface area contributed by atoms with Crippen molar-refractivity contribution in [2.24, 2.45) is 11.8 Å². The average Bonchev–Trinajstić information content (AvgIpc) is 2.78. The zero-order valence-corrected chi connectivity index (χ0v) is 19.6. The van der Waals surface area contributed by atoms with Crippen LogP contribution in [0, 0.1) is 11.8 Å². The number of carbonyl (C=O) groups is 2. The summed E-state index contributed by atoms with van der Waals surface area (Å²) in [5.41, 5.74) is 0. The second-order valence-corrected chi connectivity index (χ2v) is 9.57. The van der Waals surface area contributed by atoms with Crippen LogP contribution in [0.15, 0.2) is 24.3 Å². The van der Waals surface area contributed by atoms with E-state index in [9.17, 15) is 9.59 Å². The molecule has 1 N–H and O–H groups in total. The van der Waals surface area contributed by atoms with Gasteiger partial charge in [-0.05, 0) is 75.4 Å². The molecule has 2 amide bonds. The van der Waals surface area contributed by atoms with Crippen LogP contribution in [0.1, 0.15) is 46.0 Å². The first-order valence-corrected chi connectivity index (χ1v) is 12.0. The molecule has 0 radical (unpaired) electrons. The highest BCUT2D eigenvalue weighted by atomic mass is 35.5. The van der Waals surface area contributed by atoms with Gasteiger partial charge in [-0.3, -0.25) is 9.59 Å². The smallest absolute Gasteiger partial charge is 0.260 e. The normalized spacial score (nSPS) is 18.9. The van der Waals surface area contributed by atoms with Gasteiger partial charge in [0.25, 0.3) is 5.91 Å². The van der Waals surface area contributed by atoms with E-state index in [1.807, 2.05) is 4.90 Å². The van der Waals surface area contributed by atoms with Crippen LogP contribution in [-0.2, 0) is 9.59 Å². The zero-order valence-electron chi connectivity index (χ0n) is 18.8. The molecule has 2 heterocycles. The molecule has 0 aromatic heterocycles. The molecule has 31 heavy (non-hydrogen) atoms. The van der Waals surface area contributed by atoms with Gasteiger partial charge in [-0.1, -0.05) is 25.4 Å². The van der Waals surface area contributed by atoms with Crippen molar-refractivity contribution in [2.45, 2.75) is 52.0 Å². The summed E-state index contributed by atoms with van der Waals surface area (Å²) in [5.74, 6) is 1.68. The first-order valence-electron chi connectivity index (χ1n) is 11.6. The van der Waals surface area contributed by atoms with Gasteiger partial charge in [-0.2, -0.15) is 0 Å². The van der Waals surface area contributed by atoms with Gasteiger partial charge in [-0.15, -0.1) is 0 Å². The molecule has 0 bridgehead atoms. The van der Waals surface area contributed by atoms with Gasteiger partial charge < -0.3 is 19.9 Å². The van der Waals surface area contributed by atoms with Gasteiger partial charge in [0.15, 0.2) is 6.61 Å². The van der Waals surface area contributed by atoms with Crippen molar-refractivity contribution in [1.82, 2.24) is 15.1 Å². The molecule has 1 aromatic carbocycles. The molecule has 172 valence electrons. The molecule has 7 heteroatoms. The molecule has 0 saturated carbocycles. The van der Waals surface area contributed by atoms with Crippen molar-refractivity contribution < 1.29 is 14.3 Å². The largest absolute Gasteiger partial charge is 0.484 e. The standard InChI is InChI=1S/C24H36ClN3O3/c1-18(2)7-12-26-24(30)19-8-13-27(14-9-19)21-10-15-28(16-11-21)23(29)17-31-22-5-3-20(25)4-6-22/h3-6,18-19,21H,7-17H2,1-2H3,(H,26,30). The third-order valence-corrected chi connectivity index (χ3v) is 6.68. The molecule has 0 aliphatic carbocycles. The number of ether oxygens (including phenoxy) is 1. The number of likely N-dealkylation sites (tertiary alicyclic amines) is 2. The van der Waals surface area contributed by atoms with Crippen LogP contribution in [0.5, 0.6) is 5.75 Å². The first-order chi connectivity index (χ1) is 14.9. The maximum absolute atomic E-state index is 12.5. The van der Waals surface area contributed by atoms with Gasteiger partial charge in [-0.25, -0.2) is 0 Å². The lowest BCUT2D eigenvalue weighted by Crippen LogP contribution is -2.50. The second kappa shape index (κ2) is 11.7. The fraction of sp³-hybridized carbons (Fsp3) is 0.667. The maximum atomic E-state index is 12.5. The minimum absolute atomic E-state index is 0.0326. The van der Waals surface area contributed by atoms with Crippen LogP contribution in [0.4, 0.5) is 0 Å². The summed E-state index contributed by atoms with van der Waals surface area (Å²) in [6.45, 7) is 8.67. The number of hydrogen-bond acceptors (Lipinski definition) is 4. The Morgan fingerprint density at radius 2 is 1.71 bits per heavy atom. The van der Waals surface area contributed by atoms with Crippen molar-refractivity contribution in [3.05, 3.63) is 29.3 Å². The van der Waals surface area contributed by atoms with Crippen molar-refractivity contribution >= 4 is 23.4 Å². The van der Waals surface area contributed by atoms with Crippen LogP contribution in [0.25, 0.3) is 0 Å². The topological polar surface area (TPSA) is 61.9 Å². The number of rotatable bonds is 8. The number of amides is 2. The lowest BCUT2D eigenvalue weighted by Gasteiger charge is -2.41. The number of piperidine rings is 2. The molecular formula is C24H36ClN3O3. The van der Waals surface area contributed by atoms with E-state index in [0.717, 1.165) is 64.8 Å². The van der Waals surface area contributed by atoms with Gasteiger partial charge in [0.1, 0.15) is 5.75 Å². The van der Waals surface area contributed by atoms with Crippen LogP contribution >= 0.6 is 11.6 Å². The number of benzene rings is 1. The summed E-state index contributed by atoms with van der Waals surface area (Å²) in [6, 6.07) is 7.56. The molecule has 2 aliphatic rings. The highest BCUT2D eigenvalue weighted by Crippen LogP contribution is 2.24. The van der Waals surface area contributed by atoms with Crippen molar-refractivity contribution in [3.63, 3.8) is 0 Å². The molecule has 3 rings (SSSR count). The van der Waals surface area contributed by atoms with Crippen LogP contribution in [-0.4, -0.2) is 67.0 Å². The maximum Gasteiger partial charge on any atom is 0.260 e. The van der Waals surface area contributed by atoms with Crippen molar-refractivity contribution in [2.75, 3.05) is 39.3 Å². The van der Waals surface area contributed by atoms with Gasteiger partial charge in [0.2, 0.25) is 5.91 Å². The number of carbonyl (C=O) groups excluding carboxylic acids is 2. The number of nitrogens with one attached hydrogen (secondary N) is 1. The minimum atomic E-state index is 0.0326. The third-order valence-electron chi connectivity index (χ3n) is 6.43. The Bertz CT molecular complexity index is 709. The Morgan fingerprint density at radius 1 is 1.06 bits per heavy atom. The number of hydrogen-bond donors (Lipinski definition) is 1. The van der Waals surface area contributed by atoms with Gasteiger partial charge in [0, 0.05) is 36.6 Å². The quantitative estimate of drug-likeness (QED) is 0.658. The van der Waals surface area contributed by atoms with E-state index in [4.69, 9.17) is 16.3 Å². The van der Waals surface area contributed by atoms with E-state index < -0.39 is 0 Å². The predicted octanol–water partition coefficient (Wildman–Crippen LogP) is 3.58. The van der Waals surface area contributed by atoms with Crippen LogP contribution < -0.4 is 10.1 Å². The Hall–Kier alpha value is -1.79. The molecule has 2 aliphatic heterocycles. The van der Waals surface area contributed by atoms with E-state index in [1.165, 1.54) is 0 Å². The Morgan fingerprint density at radius 3 is 2.32 bits per heavy atom. The molecule has 0 unspecified atom stereocenters. The Kier molecular flexibility index (Phi) is 9.02. The number of nitrogens with zero attached hydrogens (tertiary/aromatic N) is 2. The first kappa shape index (κ1) is 23.9. The highest BCUT2D eigenvalue weighted by Gasteiger charge is 2.31. The van der Waals surface area contributed by atoms with E-state index >= 15 is 0 Å². The molecule has 1 aromatic rings.